The third-order valence-electron chi connectivity index (χ3n) is 3.02. The molecule has 1 heterocycles. The van der Waals surface area contributed by atoms with E-state index < -0.39 is 0 Å². The van der Waals surface area contributed by atoms with Crippen molar-refractivity contribution in [3.8, 4) is 0 Å². The predicted octanol–water partition coefficient (Wildman–Crippen LogP) is 2.93. The second kappa shape index (κ2) is 6.90. The van der Waals surface area contributed by atoms with E-state index in [1.54, 1.807) is 0 Å². The molecule has 0 amide bonds. The van der Waals surface area contributed by atoms with Crippen LogP contribution >= 0.6 is 0 Å². The zero-order valence-corrected chi connectivity index (χ0v) is 11.3. The Balaban J connectivity index is 1.93. The number of aliphatic hydroxyl groups excluding tert-OH is 1. The van der Waals surface area contributed by atoms with Crippen molar-refractivity contribution >= 4 is 5.69 Å². The minimum Gasteiger partial charge on any atom is -0.396 e. The summed E-state index contributed by atoms with van der Waals surface area (Å²) in [6, 6.07) is 12.4. The van der Waals surface area contributed by atoms with Gasteiger partial charge in [0.25, 0.3) is 0 Å². The molecule has 0 saturated carbocycles. The Labute approximate surface area is 114 Å². The molecule has 0 aliphatic carbocycles. The zero-order chi connectivity index (χ0) is 13.5. The van der Waals surface area contributed by atoms with Gasteiger partial charge in [0.1, 0.15) is 0 Å². The highest BCUT2D eigenvalue weighted by atomic mass is 16.2. The van der Waals surface area contributed by atoms with Crippen molar-refractivity contribution in [3.63, 3.8) is 0 Å². The average molecular weight is 256 g/mol. The van der Waals surface area contributed by atoms with Gasteiger partial charge in [0, 0.05) is 30.7 Å². The highest BCUT2D eigenvalue weighted by Crippen LogP contribution is 2.13. The second-order valence-electron chi connectivity index (χ2n) is 4.69. The number of anilines is 1. The largest absolute Gasteiger partial charge is 0.396 e. The summed E-state index contributed by atoms with van der Waals surface area (Å²) in [7, 11) is 0. The molecule has 0 aliphatic rings. The van der Waals surface area contributed by atoms with Crippen LogP contribution in [-0.4, -0.2) is 16.7 Å². The van der Waals surface area contributed by atoms with E-state index in [4.69, 9.17) is 5.11 Å². The Bertz CT molecular complexity index is 508. The van der Waals surface area contributed by atoms with Gasteiger partial charge in [0.2, 0.25) is 0 Å². The fourth-order valence-corrected chi connectivity index (χ4v) is 1.93. The maximum absolute atomic E-state index is 8.85. The van der Waals surface area contributed by atoms with E-state index in [0.717, 1.165) is 30.8 Å². The van der Waals surface area contributed by atoms with Gasteiger partial charge in [0.15, 0.2) is 0 Å². The minimum atomic E-state index is 0.243. The first kappa shape index (κ1) is 13.6. The molecule has 0 radical (unpaired) electrons. The summed E-state index contributed by atoms with van der Waals surface area (Å²) >= 11 is 0. The Kier molecular flexibility index (Phi) is 4.93. The second-order valence-corrected chi connectivity index (χ2v) is 4.69. The third-order valence-corrected chi connectivity index (χ3v) is 3.02. The molecule has 0 spiro atoms. The van der Waals surface area contributed by atoms with Crippen LogP contribution in [0.2, 0.25) is 0 Å². The molecular formula is C16H20N2O. The van der Waals surface area contributed by atoms with Gasteiger partial charge in [-0.15, -0.1) is 0 Å². The molecule has 3 nitrogen and oxygen atoms in total. The summed E-state index contributed by atoms with van der Waals surface area (Å²) in [6.07, 6.45) is 3.63. The summed E-state index contributed by atoms with van der Waals surface area (Å²) < 4.78 is 0. The maximum atomic E-state index is 8.85. The molecule has 3 heteroatoms. The van der Waals surface area contributed by atoms with E-state index in [-0.39, 0.29) is 6.61 Å². The molecule has 100 valence electrons. The number of aliphatic hydroxyl groups is 1. The van der Waals surface area contributed by atoms with Crippen LogP contribution in [0.25, 0.3) is 0 Å². The van der Waals surface area contributed by atoms with Gasteiger partial charge in [-0.2, -0.15) is 0 Å². The monoisotopic (exact) mass is 256 g/mol. The Morgan fingerprint density at radius 1 is 1.16 bits per heavy atom. The maximum Gasteiger partial charge on any atom is 0.0434 e. The van der Waals surface area contributed by atoms with Gasteiger partial charge in [0.05, 0.1) is 0 Å². The van der Waals surface area contributed by atoms with Gasteiger partial charge in [-0.1, -0.05) is 18.2 Å². The van der Waals surface area contributed by atoms with Crippen molar-refractivity contribution in [3.05, 3.63) is 59.4 Å². The standard InChI is InChI=1S/C16H20N2O/c1-13-7-8-15(11-17-13)12-18-16-6-2-4-14(10-16)5-3-9-19/h2,4,6-8,10-11,18-19H,3,5,9,12H2,1H3. The van der Waals surface area contributed by atoms with E-state index in [1.807, 2.05) is 25.3 Å². The number of hydrogen-bond donors (Lipinski definition) is 2. The van der Waals surface area contributed by atoms with E-state index in [0.29, 0.717) is 0 Å². The average Bonchev–Trinajstić information content (AvgIpc) is 2.45. The molecule has 1 aromatic carbocycles. The van der Waals surface area contributed by atoms with Crippen molar-refractivity contribution in [2.75, 3.05) is 11.9 Å². The topological polar surface area (TPSA) is 45.1 Å². The van der Waals surface area contributed by atoms with Crippen molar-refractivity contribution in [2.24, 2.45) is 0 Å². The molecule has 2 N–H and O–H groups in total. The lowest BCUT2D eigenvalue weighted by Gasteiger charge is -2.08. The van der Waals surface area contributed by atoms with E-state index in [9.17, 15) is 0 Å². The summed E-state index contributed by atoms with van der Waals surface area (Å²) in [4.78, 5) is 4.28. The molecule has 2 aromatic rings. The quantitative estimate of drug-likeness (QED) is 0.835. The lowest BCUT2D eigenvalue weighted by molar-refractivity contribution is 0.288. The van der Waals surface area contributed by atoms with Crippen LogP contribution in [0.15, 0.2) is 42.6 Å². The van der Waals surface area contributed by atoms with Gasteiger partial charge in [-0.05, 0) is 49.1 Å². The Morgan fingerprint density at radius 2 is 2.05 bits per heavy atom. The van der Waals surface area contributed by atoms with Crippen LogP contribution < -0.4 is 5.32 Å². The number of pyridine rings is 1. The summed E-state index contributed by atoms with van der Waals surface area (Å²) in [6.45, 7) is 3.01. The molecule has 0 fully saturated rings. The fourth-order valence-electron chi connectivity index (χ4n) is 1.93. The van der Waals surface area contributed by atoms with Crippen LogP contribution in [0.5, 0.6) is 0 Å². The molecule has 0 unspecified atom stereocenters. The number of hydrogen-bond acceptors (Lipinski definition) is 3. The van der Waals surface area contributed by atoms with Gasteiger partial charge < -0.3 is 10.4 Å². The van der Waals surface area contributed by atoms with Crippen LogP contribution in [0.1, 0.15) is 23.2 Å². The fraction of sp³-hybridized carbons (Fsp3) is 0.312. The van der Waals surface area contributed by atoms with Crippen molar-refractivity contribution in [1.82, 2.24) is 4.98 Å². The summed E-state index contributed by atoms with van der Waals surface area (Å²) in [5.41, 5.74) is 4.57. The van der Waals surface area contributed by atoms with Crippen molar-refractivity contribution in [2.45, 2.75) is 26.3 Å². The first-order chi connectivity index (χ1) is 9.28. The molecule has 1 aromatic heterocycles. The number of aromatic nitrogens is 1. The highest BCUT2D eigenvalue weighted by Gasteiger charge is 1.97. The van der Waals surface area contributed by atoms with Crippen LogP contribution in [0.4, 0.5) is 5.69 Å². The normalized spacial score (nSPS) is 10.4. The minimum absolute atomic E-state index is 0.243. The lowest BCUT2D eigenvalue weighted by Crippen LogP contribution is -2.00. The molecular weight excluding hydrogens is 236 g/mol. The van der Waals surface area contributed by atoms with E-state index >= 15 is 0 Å². The third kappa shape index (κ3) is 4.38. The highest BCUT2D eigenvalue weighted by molar-refractivity contribution is 5.46. The number of benzene rings is 1. The molecule has 19 heavy (non-hydrogen) atoms. The van der Waals surface area contributed by atoms with Crippen LogP contribution in [-0.2, 0) is 13.0 Å². The van der Waals surface area contributed by atoms with Crippen molar-refractivity contribution in [1.29, 1.82) is 0 Å². The number of nitrogens with zero attached hydrogens (tertiary/aromatic N) is 1. The van der Waals surface area contributed by atoms with Crippen LogP contribution in [0, 0.1) is 6.92 Å². The number of aryl methyl sites for hydroxylation is 2. The molecule has 2 rings (SSSR count). The van der Waals surface area contributed by atoms with E-state index in [1.165, 1.54) is 11.1 Å². The SMILES string of the molecule is Cc1ccc(CNc2cccc(CCCO)c2)cn1. The number of nitrogens with one attached hydrogen (secondary N) is 1. The molecule has 0 saturated heterocycles. The smallest absolute Gasteiger partial charge is 0.0434 e. The summed E-state index contributed by atoms with van der Waals surface area (Å²) in [5, 5.41) is 12.2. The van der Waals surface area contributed by atoms with Gasteiger partial charge in [-0.25, -0.2) is 0 Å². The van der Waals surface area contributed by atoms with Crippen LogP contribution in [0.3, 0.4) is 0 Å². The molecule has 0 bridgehead atoms. The predicted molar refractivity (Wildman–Crippen MR) is 78.1 cm³/mol. The zero-order valence-electron chi connectivity index (χ0n) is 11.3. The van der Waals surface area contributed by atoms with E-state index in [2.05, 4.69) is 34.6 Å². The van der Waals surface area contributed by atoms with Gasteiger partial charge in [-0.3, -0.25) is 4.98 Å². The first-order valence-electron chi connectivity index (χ1n) is 6.63. The Hall–Kier alpha value is -1.87. The first-order valence-corrected chi connectivity index (χ1v) is 6.63. The summed E-state index contributed by atoms with van der Waals surface area (Å²) in [5.74, 6) is 0. The molecule has 0 aliphatic heterocycles. The van der Waals surface area contributed by atoms with Crippen molar-refractivity contribution < 1.29 is 5.11 Å². The number of rotatable bonds is 6. The lowest BCUT2D eigenvalue weighted by atomic mass is 10.1. The van der Waals surface area contributed by atoms with Gasteiger partial charge >= 0.3 is 0 Å². The Morgan fingerprint density at radius 3 is 2.79 bits per heavy atom. The molecule has 0 atom stereocenters.